The molecule has 0 saturated heterocycles. The van der Waals surface area contributed by atoms with E-state index in [1.54, 1.807) is 6.33 Å². The van der Waals surface area contributed by atoms with Crippen molar-refractivity contribution in [3.8, 4) is 39.5 Å². The summed E-state index contributed by atoms with van der Waals surface area (Å²) in [5.41, 5.74) is 4.62. The first-order chi connectivity index (χ1) is 20.4. The fraction of sp³-hybridized carbons (Fsp3) is 0.233. The van der Waals surface area contributed by atoms with Crippen LogP contribution in [0.3, 0.4) is 0 Å². The Bertz CT molecular complexity index is 1960. The van der Waals surface area contributed by atoms with Gasteiger partial charge < -0.3 is 19.4 Å². The average Bonchev–Trinajstić information content (AvgIpc) is 3.69. The molecular formula is C30H25F3N6O2S. The van der Waals surface area contributed by atoms with Crippen LogP contribution in [0.1, 0.15) is 5.69 Å². The Morgan fingerprint density at radius 2 is 1.90 bits per heavy atom. The van der Waals surface area contributed by atoms with Crippen LogP contribution in [0.2, 0.25) is 0 Å². The Morgan fingerprint density at radius 1 is 1.02 bits per heavy atom. The Kier molecular flexibility index (Phi) is 6.68. The fourth-order valence-corrected chi connectivity index (χ4v) is 6.37. The van der Waals surface area contributed by atoms with Gasteiger partial charge in [-0.05, 0) is 18.2 Å². The second-order valence-corrected chi connectivity index (χ2v) is 10.9. The number of rotatable bonds is 7. The van der Waals surface area contributed by atoms with Crippen molar-refractivity contribution < 1.29 is 22.6 Å². The number of fused-ring (bicyclic) bond motifs is 3. The summed E-state index contributed by atoms with van der Waals surface area (Å²) >= 11 is 1.17. The van der Waals surface area contributed by atoms with Gasteiger partial charge in [0.05, 0.1) is 52.2 Å². The van der Waals surface area contributed by atoms with E-state index in [4.69, 9.17) is 19.6 Å². The minimum atomic E-state index is -0.898. The number of benzene rings is 2. The van der Waals surface area contributed by atoms with Crippen molar-refractivity contribution in [1.29, 1.82) is 0 Å². The highest BCUT2D eigenvalue weighted by Crippen LogP contribution is 2.48. The molecule has 0 aliphatic carbocycles. The van der Waals surface area contributed by atoms with Gasteiger partial charge in [0, 0.05) is 61.3 Å². The lowest BCUT2D eigenvalue weighted by molar-refractivity contribution is 0.146. The topological polar surface area (TPSA) is 79.0 Å². The van der Waals surface area contributed by atoms with E-state index in [1.807, 2.05) is 40.6 Å². The van der Waals surface area contributed by atoms with Gasteiger partial charge in [-0.25, -0.2) is 23.1 Å². The van der Waals surface area contributed by atoms with Gasteiger partial charge in [-0.3, -0.25) is 4.68 Å². The monoisotopic (exact) mass is 590 g/mol. The van der Waals surface area contributed by atoms with Crippen LogP contribution >= 0.6 is 11.3 Å². The molecule has 0 amide bonds. The molecule has 0 spiro atoms. The lowest BCUT2D eigenvalue weighted by atomic mass is 9.95. The summed E-state index contributed by atoms with van der Waals surface area (Å²) in [5, 5.41) is 9.64. The quantitative estimate of drug-likeness (QED) is 0.233. The lowest BCUT2D eigenvalue weighted by Gasteiger charge is -2.17. The van der Waals surface area contributed by atoms with Crippen molar-refractivity contribution >= 4 is 32.5 Å². The smallest absolute Gasteiger partial charge is 0.142 e. The highest BCUT2D eigenvalue weighted by atomic mass is 32.1. The second-order valence-electron chi connectivity index (χ2n) is 10.1. The zero-order valence-electron chi connectivity index (χ0n) is 22.7. The Balaban J connectivity index is 1.55. The van der Waals surface area contributed by atoms with Crippen molar-refractivity contribution in [3.05, 3.63) is 71.3 Å². The van der Waals surface area contributed by atoms with E-state index in [1.165, 1.54) is 23.8 Å². The molecule has 0 unspecified atom stereocenters. The van der Waals surface area contributed by atoms with Crippen LogP contribution in [0.4, 0.5) is 13.2 Å². The molecule has 12 heteroatoms. The van der Waals surface area contributed by atoms with Gasteiger partial charge in [0.25, 0.3) is 0 Å². The molecule has 1 N–H and O–H groups in total. The predicted molar refractivity (Wildman–Crippen MR) is 155 cm³/mol. The van der Waals surface area contributed by atoms with E-state index >= 15 is 8.78 Å². The number of thiophene rings is 1. The maximum absolute atomic E-state index is 15.9. The summed E-state index contributed by atoms with van der Waals surface area (Å²) in [6.45, 7) is 2.21. The van der Waals surface area contributed by atoms with Crippen LogP contribution in [0, 0.1) is 17.5 Å². The molecule has 4 aromatic heterocycles. The van der Waals surface area contributed by atoms with Gasteiger partial charge in [-0.2, -0.15) is 5.10 Å². The molecule has 42 heavy (non-hydrogen) atoms. The molecule has 0 fully saturated rings. The number of pyridine rings is 1. The maximum Gasteiger partial charge on any atom is 0.142 e. The molecule has 7 rings (SSSR count). The Hall–Kier alpha value is -4.26. The van der Waals surface area contributed by atoms with Crippen molar-refractivity contribution in [2.24, 2.45) is 7.05 Å². The number of hydrogen-bond acceptors (Lipinski definition) is 7. The number of methoxy groups -OCH3 is 1. The molecule has 1 aliphatic rings. The van der Waals surface area contributed by atoms with Gasteiger partial charge in [0.15, 0.2) is 0 Å². The molecular weight excluding hydrogens is 565 g/mol. The zero-order valence-corrected chi connectivity index (χ0v) is 23.6. The number of nitrogens with zero attached hydrogens (tertiary/aromatic N) is 5. The van der Waals surface area contributed by atoms with Crippen LogP contribution in [0.5, 0.6) is 5.75 Å². The second kappa shape index (κ2) is 10.5. The first kappa shape index (κ1) is 26.6. The first-order valence-electron chi connectivity index (χ1n) is 13.3. The maximum atomic E-state index is 15.9. The number of nitrogens with one attached hydrogen (secondary N) is 1. The number of halogens is 3. The van der Waals surface area contributed by atoms with E-state index < -0.39 is 17.5 Å². The van der Waals surface area contributed by atoms with Crippen LogP contribution in [0.15, 0.2) is 48.1 Å². The van der Waals surface area contributed by atoms with Crippen molar-refractivity contribution in [3.63, 3.8) is 0 Å². The van der Waals surface area contributed by atoms with Crippen LogP contribution in [-0.4, -0.2) is 51.2 Å². The summed E-state index contributed by atoms with van der Waals surface area (Å²) < 4.78 is 61.4. The van der Waals surface area contributed by atoms with E-state index in [0.29, 0.717) is 29.2 Å². The Morgan fingerprint density at radius 3 is 2.74 bits per heavy atom. The summed E-state index contributed by atoms with van der Waals surface area (Å²) in [5.74, 6) is -2.34. The highest BCUT2D eigenvalue weighted by Gasteiger charge is 2.29. The van der Waals surface area contributed by atoms with Gasteiger partial charge >= 0.3 is 0 Å². The van der Waals surface area contributed by atoms with E-state index in [9.17, 15) is 4.39 Å². The van der Waals surface area contributed by atoms with Gasteiger partial charge in [-0.15, -0.1) is 11.3 Å². The average molecular weight is 591 g/mol. The third-order valence-electron chi connectivity index (χ3n) is 7.40. The van der Waals surface area contributed by atoms with Crippen molar-refractivity contribution in [1.82, 2.24) is 29.6 Å². The van der Waals surface area contributed by atoms with E-state index in [2.05, 4.69) is 10.3 Å². The van der Waals surface area contributed by atoms with E-state index in [0.717, 1.165) is 41.0 Å². The normalized spacial score (nSPS) is 13.3. The molecule has 5 heterocycles. The summed E-state index contributed by atoms with van der Waals surface area (Å²) in [7, 11) is 3.41. The third-order valence-corrected chi connectivity index (χ3v) is 8.35. The highest BCUT2D eigenvalue weighted by molar-refractivity contribution is 7.17. The number of ether oxygens (including phenoxy) is 2. The molecule has 214 valence electrons. The molecule has 0 atom stereocenters. The van der Waals surface area contributed by atoms with Crippen molar-refractivity contribution in [2.75, 3.05) is 26.9 Å². The molecule has 2 aromatic carbocycles. The zero-order chi connectivity index (χ0) is 29.0. The van der Waals surface area contributed by atoms with Crippen LogP contribution in [0.25, 0.3) is 54.9 Å². The van der Waals surface area contributed by atoms with Crippen LogP contribution < -0.4 is 10.1 Å². The minimum Gasteiger partial charge on any atom is -0.490 e. The van der Waals surface area contributed by atoms with Gasteiger partial charge in [0.1, 0.15) is 41.2 Å². The fourth-order valence-electron chi connectivity index (χ4n) is 5.44. The van der Waals surface area contributed by atoms with E-state index in [-0.39, 0.29) is 41.2 Å². The van der Waals surface area contributed by atoms with Crippen molar-refractivity contribution in [2.45, 2.75) is 13.1 Å². The summed E-state index contributed by atoms with van der Waals surface area (Å²) in [4.78, 5) is 9.54. The van der Waals surface area contributed by atoms with Crippen LogP contribution in [-0.2, 0) is 24.9 Å². The molecule has 1 aliphatic heterocycles. The molecule has 0 radical (unpaired) electrons. The third kappa shape index (κ3) is 4.42. The standard InChI is InChI=1S/C30H25F3N6O2S/c1-38-15-35-21-9-16(3-4-23(21)38)28-30-26(20(33)14-42-30)27(25-19(32)10-17(31)11-24(25)41-8-7-40-2)29(36-28)22-12-18-13-34-5-6-39(18)37-22/h3-4,9-12,14-15,34H,5-8,13H2,1-2H3. The first-order valence-corrected chi connectivity index (χ1v) is 14.2. The lowest BCUT2D eigenvalue weighted by Crippen LogP contribution is -2.28. The Labute approximate surface area is 242 Å². The molecule has 8 nitrogen and oxygen atoms in total. The largest absolute Gasteiger partial charge is 0.490 e. The molecule has 6 aromatic rings. The number of hydrogen-bond donors (Lipinski definition) is 1. The molecule has 0 saturated carbocycles. The molecule has 0 bridgehead atoms. The SMILES string of the molecule is COCCOc1cc(F)cc(F)c1-c1c(-c2cc3n(n2)CCNC3)nc(-c2ccc3c(c2)ncn3C)c2scc(F)c12. The summed E-state index contributed by atoms with van der Waals surface area (Å²) in [6, 6.07) is 9.48. The van der Waals surface area contributed by atoms with Gasteiger partial charge in [0.2, 0.25) is 0 Å². The number of imidazole rings is 1. The minimum absolute atomic E-state index is 0.0387. The summed E-state index contributed by atoms with van der Waals surface area (Å²) in [6.07, 6.45) is 1.73. The number of aromatic nitrogens is 5. The number of aryl methyl sites for hydroxylation is 1. The predicted octanol–water partition coefficient (Wildman–Crippen LogP) is 5.93. The van der Waals surface area contributed by atoms with Gasteiger partial charge in [-0.1, -0.05) is 6.07 Å².